The highest BCUT2D eigenvalue weighted by Gasteiger charge is 2.08. The minimum absolute atomic E-state index is 0. The van der Waals surface area contributed by atoms with Crippen molar-refractivity contribution < 1.29 is 10.2 Å². The van der Waals surface area contributed by atoms with E-state index in [-0.39, 0.29) is 18.9 Å². The van der Waals surface area contributed by atoms with Gasteiger partial charge in [-0.25, -0.2) is 0 Å². The molecule has 3 rings (SSSR count). The van der Waals surface area contributed by atoms with Crippen LogP contribution in [0.2, 0.25) is 0 Å². The minimum Gasteiger partial charge on any atom is -0.508 e. The van der Waals surface area contributed by atoms with Crippen molar-refractivity contribution in [2.24, 2.45) is 0 Å². The van der Waals surface area contributed by atoms with Crippen LogP contribution in [0.15, 0.2) is 71.2 Å². The maximum atomic E-state index is 9.44. The maximum Gasteiger partial charge on any atom is 0.115 e. The van der Waals surface area contributed by atoms with Gasteiger partial charge in [0.1, 0.15) is 11.5 Å². The highest BCUT2D eigenvalue weighted by Crippen LogP contribution is 2.35. The lowest BCUT2D eigenvalue weighted by Crippen LogP contribution is -1.85. The molecular formula is C19H17BrO2. The van der Waals surface area contributed by atoms with Gasteiger partial charge < -0.3 is 10.2 Å². The van der Waals surface area contributed by atoms with E-state index in [0.29, 0.717) is 0 Å². The molecule has 2 nitrogen and oxygen atoms in total. The lowest BCUT2D eigenvalue weighted by molar-refractivity contribution is 0.475. The van der Waals surface area contributed by atoms with Crippen LogP contribution < -0.4 is 0 Å². The average molecular weight is 357 g/mol. The smallest absolute Gasteiger partial charge is 0.115 e. The molecule has 2 N–H and O–H groups in total. The molecule has 22 heavy (non-hydrogen) atoms. The summed E-state index contributed by atoms with van der Waals surface area (Å²) in [6.07, 6.45) is 0. The summed E-state index contributed by atoms with van der Waals surface area (Å²) in [6.45, 7) is 0. The second kappa shape index (κ2) is 6.67. The third kappa shape index (κ3) is 3.31. The van der Waals surface area contributed by atoms with Gasteiger partial charge in [-0.05, 0) is 58.7 Å². The fourth-order valence-electron chi connectivity index (χ4n) is 2.29. The van der Waals surface area contributed by atoms with Gasteiger partial charge in [0.25, 0.3) is 0 Å². The number of aromatic hydroxyl groups is 2. The van der Waals surface area contributed by atoms with Crippen molar-refractivity contribution in [3.05, 3.63) is 71.2 Å². The summed E-state index contributed by atoms with van der Waals surface area (Å²) >= 11 is 3.50. The summed E-state index contributed by atoms with van der Waals surface area (Å²) in [5.74, 6) is 0.502. The lowest BCUT2D eigenvalue weighted by Gasteiger charge is -2.11. The molecular weight excluding hydrogens is 340 g/mol. The summed E-state index contributed by atoms with van der Waals surface area (Å²) in [6, 6.07) is 20.4. The minimum atomic E-state index is 0. The molecule has 0 fully saturated rings. The van der Waals surface area contributed by atoms with E-state index in [4.69, 9.17) is 0 Å². The molecule has 0 unspecified atom stereocenters. The number of hydrogen-bond donors (Lipinski definition) is 2. The van der Waals surface area contributed by atoms with E-state index >= 15 is 0 Å². The van der Waals surface area contributed by atoms with E-state index in [1.165, 1.54) is 0 Å². The van der Waals surface area contributed by atoms with Gasteiger partial charge in [0.2, 0.25) is 0 Å². The molecule has 0 aromatic heterocycles. The van der Waals surface area contributed by atoms with Gasteiger partial charge in [-0.2, -0.15) is 0 Å². The summed E-state index contributed by atoms with van der Waals surface area (Å²) < 4.78 is 0.994. The molecule has 0 heterocycles. The van der Waals surface area contributed by atoms with Crippen molar-refractivity contribution in [1.82, 2.24) is 0 Å². The van der Waals surface area contributed by atoms with Gasteiger partial charge >= 0.3 is 0 Å². The predicted molar refractivity (Wildman–Crippen MR) is 95.1 cm³/mol. The first-order chi connectivity index (χ1) is 10.1. The normalized spacial score (nSPS) is 10.0. The van der Waals surface area contributed by atoms with E-state index in [1.807, 2.05) is 36.4 Å². The first kappa shape index (κ1) is 16.1. The second-order valence-electron chi connectivity index (χ2n) is 4.78. The molecule has 0 bridgehead atoms. The van der Waals surface area contributed by atoms with Gasteiger partial charge in [-0.15, -0.1) is 0 Å². The molecule has 0 amide bonds. The van der Waals surface area contributed by atoms with Crippen LogP contribution in [-0.2, 0) is 0 Å². The van der Waals surface area contributed by atoms with Crippen molar-refractivity contribution in [3.63, 3.8) is 0 Å². The fourth-order valence-corrected chi connectivity index (χ4v) is 2.65. The number of phenolic OH excluding ortho intramolecular Hbond substituents is 2. The van der Waals surface area contributed by atoms with Crippen LogP contribution in [0, 0.1) is 0 Å². The SMILES string of the molecule is C.Oc1ccc(-c2ccc(Br)cc2-c2ccc(O)cc2)cc1. The largest absolute Gasteiger partial charge is 0.508 e. The lowest BCUT2D eigenvalue weighted by atomic mass is 9.94. The Balaban J connectivity index is 0.00000176. The molecule has 0 aliphatic heterocycles. The molecule has 0 aliphatic rings. The van der Waals surface area contributed by atoms with Crippen LogP contribution in [0.4, 0.5) is 0 Å². The number of benzene rings is 3. The summed E-state index contributed by atoms with van der Waals surface area (Å²) in [5, 5.41) is 18.9. The van der Waals surface area contributed by atoms with Crippen molar-refractivity contribution in [2.75, 3.05) is 0 Å². The van der Waals surface area contributed by atoms with E-state index in [1.54, 1.807) is 24.3 Å². The highest BCUT2D eigenvalue weighted by molar-refractivity contribution is 9.10. The van der Waals surface area contributed by atoms with Crippen LogP contribution in [-0.4, -0.2) is 10.2 Å². The Morgan fingerprint density at radius 1 is 0.591 bits per heavy atom. The first-order valence-electron chi connectivity index (χ1n) is 6.52. The van der Waals surface area contributed by atoms with Gasteiger partial charge in [0, 0.05) is 4.47 Å². The summed E-state index contributed by atoms with van der Waals surface area (Å²) in [7, 11) is 0. The third-order valence-electron chi connectivity index (χ3n) is 3.34. The topological polar surface area (TPSA) is 40.5 Å². The second-order valence-corrected chi connectivity index (χ2v) is 5.70. The Hall–Kier alpha value is -2.26. The van der Waals surface area contributed by atoms with E-state index in [2.05, 4.69) is 22.0 Å². The van der Waals surface area contributed by atoms with Crippen LogP contribution in [0.25, 0.3) is 22.3 Å². The van der Waals surface area contributed by atoms with Crippen molar-refractivity contribution in [3.8, 4) is 33.8 Å². The number of phenols is 2. The molecule has 112 valence electrons. The Kier molecular flexibility index (Phi) is 4.88. The maximum absolute atomic E-state index is 9.44. The molecule has 0 saturated carbocycles. The molecule has 3 aromatic carbocycles. The third-order valence-corrected chi connectivity index (χ3v) is 3.83. The highest BCUT2D eigenvalue weighted by atomic mass is 79.9. The fraction of sp³-hybridized carbons (Fsp3) is 0.0526. The molecule has 0 spiro atoms. The average Bonchev–Trinajstić information content (AvgIpc) is 2.49. The van der Waals surface area contributed by atoms with Gasteiger partial charge in [-0.3, -0.25) is 0 Å². The summed E-state index contributed by atoms with van der Waals surface area (Å²) in [4.78, 5) is 0. The van der Waals surface area contributed by atoms with Crippen LogP contribution >= 0.6 is 15.9 Å². The van der Waals surface area contributed by atoms with E-state index < -0.39 is 0 Å². The molecule has 0 atom stereocenters. The first-order valence-corrected chi connectivity index (χ1v) is 7.31. The predicted octanol–water partition coefficient (Wildman–Crippen LogP) is 5.83. The Morgan fingerprint density at radius 2 is 1.05 bits per heavy atom. The van der Waals surface area contributed by atoms with Crippen molar-refractivity contribution in [2.45, 2.75) is 7.43 Å². The van der Waals surface area contributed by atoms with Crippen LogP contribution in [0.5, 0.6) is 11.5 Å². The zero-order chi connectivity index (χ0) is 14.8. The van der Waals surface area contributed by atoms with Crippen molar-refractivity contribution >= 4 is 15.9 Å². The number of rotatable bonds is 2. The Morgan fingerprint density at radius 3 is 1.55 bits per heavy atom. The molecule has 3 aromatic rings. The molecule has 0 saturated heterocycles. The quantitative estimate of drug-likeness (QED) is 0.606. The molecule has 0 radical (unpaired) electrons. The molecule has 3 heteroatoms. The monoisotopic (exact) mass is 356 g/mol. The molecule has 0 aliphatic carbocycles. The Labute approximate surface area is 138 Å². The zero-order valence-corrected chi connectivity index (χ0v) is 12.7. The zero-order valence-electron chi connectivity index (χ0n) is 11.1. The van der Waals surface area contributed by atoms with Crippen LogP contribution in [0.1, 0.15) is 7.43 Å². The van der Waals surface area contributed by atoms with Crippen LogP contribution in [0.3, 0.4) is 0 Å². The van der Waals surface area contributed by atoms with Gasteiger partial charge in [-0.1, -0.05) is 53.7 Å². The van der Waals surface area contributed by atoms with Gasteiger partial charge in [0.15, 0.2) is 0 Å². The van der Waals surface area contributed by atoms with E-state index in [0.717, 1.165) is 26.7 Å². The standard InChI is InChI=1S/C18H13BrO2.CH4/c19-14-5-10-17(12-1-6-15(20)7-2-12)18(11-14)13-3-8-16(21)9-4-13;/h1-11,20-21H;1H4. The summed E-state index contributed by atoms with van der Waals surface area (Å²) in [5.41, 5.74) is 4.19. The number of halogens is 1. The van der Waals surface area contributed by atoms with Gasteiger partial charge in [0.05, 0.1) is 0 Å². The van der Waals surface area contributed by atoms with Crippen molar-refractivity contribution in [1.29, 1.82) is 0 Å². The number of hydrogen-bond acceptors (Lipinski definition) is 2. The van der Waals surface area contributed by atoms with E-state index in [9.17, 15) is 10.2 Å². The Bertz CT molecular complexity index is 762.